The Morgan fingerprint density at radius 1 is 1.15 bits per heavy atom. The van der Waals surface area contributed by atoms with Gasteiger partial charge in [-0.05, 0) is 11.5 Å². The van der Waals surface area contributed by atoms with Crippen molar-refractivity contribution in [2.75, 3.05) is 6.61 Å². The van der Waals surface area contributed by atoms with Crippen LogP contribution in [-0.2, 0) is 4.74 Å². The van der Waals surface area contributed by atoms with E-state index in [4.69, 9.17) is 4.74 Å². The monoisotopic (exact) mass is 276 g/mol. The van der Waals surface area contributed by atoms with Gasteiger partial charge in [0.2, 0.25) is 0 Å². The standard InChI is InChI=1S/C15H18NO4/c17-9-13-15(19)12(18)7-14(20-13)16-6-5-10-3-1-2-4-11(10)8-16/h1-6,8,12-15,17-19H,7,9H2/q+1/t12-,13-,14+,15+/m1/s1. The van der Waals surface area contributed by atoms with E-state index in [0.717, 1.165) is 10.8 Å². The van der Waals surface area contributed by atoms with E-state index in [9.17, 15) is 15.3 Å². The Bertz CT molecular complexity index is 603. The molecule has 3 rings (SSSR count). The number of fused-ring (bicyclic) bond motifs is 1. The molecular formula is C15H18NO4+. The highest BCUT2D eigenvalue weighted by atomic mass is 16.5. The summed E-state index contributed by atoms with van der Waals surface area (Å²) < 4.78 is 7.52. The second kappa shape index (κ2) is 5.46. The van der Waals surface area contributed by atoms with Gasteiger partial charge in [0.05, 0.1) is 19.1 Å². The molecule has 4 atom stereocenters. The molecule has 1 fully saturated rings. The Hall–Kier alpha value is -1.53. The molecule has 5 nitrogen and oxygen atoms in total. The lowest BCUT2D eigenvalue weighted by molar-refractivity contribution is -0.769. The largest absolute Gasteiger partial charge is 0.394 e. The topological polar surface area (TPSA) is 73.8 Å². The van der Waals surface area contributed by atoms with Gasteiger partial charge in [0.1, 0.15) is 12.2 Å². The molecule has 20 heavy (non-hydrogen) atoms. The molecule has 0 saturated carbocycles. The highest BCUT2D eigenvalue weighted by molar-refractivity contribution is 5.80. The van der Waals surface area contributed by atoms with Crippen LogP contribution in [0.25, 0.3) is 10.8 Å². The summed E-state index contributed by atoms with van der Waals surface area (Å²) in [5.74, 6) is 0. The van der Waals surface area contributed by atoms with Gasteiger partial charge in [-0.2, -0.15) is 4.57 Å². The molecule has 1 aromatic carbocycles. The Balaban J connectivity index is 1.90. The fraction of sp³-hybridized carbons (Fsp3) is 0.400. The first-order valence-electron chi connectivity index (χ1n) is 6.71. The first-order valence-corrected chi connectivity index (χ1v) is 6.71. The average Bonchev–Trinajstić information content (AvgIpc) is 2.49. The Kier molecular flexibility index (Phi) is 3.67. The molecule has 0 radical (unpaired) electrons. The summed E-state index contributed by atoms with van der Waals surface area (Å²) in [4.78, 5) is 0. The van der Waals surface area contributed by atoms with Crippen LogP contribution in [0, 0.1) is 0 Å². The number of hydrogen-bond donors (Lipinski definition) is 3. The molecule has 0 unspecified atom stereocenters. The molecule has 3 N–H and O–H groups in total. The summed E-state index contributed by atoms with van der Waals surface area (Å²) in [6, 6.07) is 9.94. The second-order valence-corrected chi connectivity index (χ2v) is 5.13. The highest BCUT2D eigenvalue weighted by Crippen LogP contribution is 2.24. The van der Waals surface area contributed by atoms with E-state index in [2.05, 4.69) is 0 Å². The molecule has 5 heteroatoms. The highest BCUT2D eigenvalue weighted by Gasteiger charge is 2.40. The molecule has 0 bridgehead atoms. The summed E-state index contributed by atoms with van der Waals surface area (Å²) >= 11 is 0. The number of pyridine rings is 1. The Morgan fingerprint density at radius 2 is 1.90 bits per heavy atom. The van der Waals surface area contributed by atoms with Gasteiger partial charge in [-0.15, -0.1) is 0 Å². The summed E-state index contributed by atoms with van der Waals surface area (Å²) in [6.07, 6.45) is 1.02. The van der Waals surface area contributed by atoms with Crippen molar-refractivity contribution in [2.24, 2.45) is 0 Å². The SMILES string of the molecule is OC[C@H]1O[C@H]([n+]2ccc3ccccc3c2)C[C@@H](O)[C@@H]1O. The van der Waals surface area contributed by atoms with Gasteiger partial charge in [0.15, 0.2) is 12.4 Å². The van der Waals surface area contributed by atoms with E-state index in [1.807, 2.05) is 47.3 Å². The van der Waals surface area contributed by atoms with Crippen LogP contribution >= 0.6 is 0 Å². The van der Waals surface area contributed by atoms with Gasteiger partial charge in [0, 0.05) is 11.5 Å². The van der Waals surface area contributed by atoms with Crippen molar-refractivity contribution >= 4 is 10.8 Å². The van der Waals surface area contributed by atoms with Crippen LogP contribution in [0.15, 0.2) is 42.7 Å². The smallest absolute Gasteiger partial charge is 0.265 e. The molecule has 2 aromatic rings. The van der Waals surface area contributed by atoms with E-state index < -0.39 is 24.5 Å². The average molecular weight is 276 g/mol. The van der Waals surface area contributed by atoms with E-state index in [1.165, 1.54) is 0 Å². The number of nitrogens with zero attached hydrogens (tertiary/aromatic N) is 1. The van der Waals surface area contributed by atoms with Crippen molar-refractivity contribution in [1.29, 1.82) is 0 Å². The van der Waals surface area contributed by atoms with Crippen molar-refractivity contribution in [2.45, 2.75) is 31.0 Å². The fourth-order valence-electron chi connectivity index (χ4n) is 2.60. The summed E-state index contributed by atoms with van der Waals surface area (Å²) in [5.41, 5.74) is 0. The van der Waals surface area contributed by atoms with Crippen LogP contribution in [0.4, 0.5) is 0 Å². The van der Waals surface area contributed by atoms with E-state index in [1.54, 1.807) is 0 Å². The first-order chi connectivity index (χ1) is 9.69. The molecular weight excluding hydrogens is 258 g/mol. The van der Waals surface area contributed by atoms with Gasteiger partial charge in [-0.25, -0.2) is 0 Å². The van der Waals surface area contributed by atoms with Crippen LogP contribution in [-0.4, -0.2) is 40.2 Å². The van der Waals surface area contributed by atoms with Gasteiger partial charge >= 0.3 is 0 Å². The third-order valence-corrected chi connectivity index (χ3v) is 3.77. The van der Waals surface area contributed by atoms with Gasteiger partial charge < -0.3 is 20.1 Å². The van der Waals surface area contributed by atoms with E-state index in [0.29, 0.717) is 6.42 Å². The third-order valence-electron chi connectivity index (χ3n) is 3.77. The molecule has 2 heterocycles. The van der Waals surface area contributed by atoms with Crippen molar-refractivity contribution in [3.8, 4) is 0 Å². The van der Waals surface area contributed by atoms with Crippen molar-refractivity contribution in [1.82, 2.24) is 0 Å². The van der Waals surface area contributed by atoms with Crippen LogP contribution in [0.2, 0.25) is 0 Å². The fourth-order valence-corrected chi connectivity index (χ4v) is 2.60. The normalized spacial score (nSPS) is 30.6. The number of aliphatic hydroxyl groups is 3. The molecule has 1 aromatic heterocycles. The van der Waals surface area contributed by atoms with Crippen molar-refractivity contribution in [3.05, 3.63) is 42.7 Å². The zero-order valence-corrected chi connectivity index (χ0v) is 11.0. The zero-order chi connectivity index (χ0) is 14.1. The molecule has 0 spiro atoms. The maximum Gasteiger partial charge on any atom is 0.265 e. The number of rotatable bonds is 2. The maximum absolute atomic E-state index is 9.87. The van der Waals surface area contributed by atoms with Crippen LogP contribution in [0.3, 0.4) is 0 Å². The summed E-state index contributed by atoms with van der Waals surface area (Å²) in [7, 11) is 0. The number of benzene rings is 1. The minimum Gasteiger partial charge on any atom is -0.394 e. The lowest BCUT2D eigenvalue weighted by Gasteiger charge is -2.33. The second-order valence-electron chi connectivity index (χ2n) is 5.13. The molecule has 106 valence electrons. The van der Waals surface area contributed by atoms with Crippen LogP contribution < -0.4 is 4.57 Å². The number of hydrogen-bond acceptors (Lipinski definition) is 4. The number of ether oxygens (including phenoxy) is 1. The van der Waals surface area contributed by atoms with Gasteiger partial charge in [-0.3, -0.25) is 0 Å². The lowest BCUT2D eigenvalue weighted by atomic mass is 10.0. The minimum absolute atomic E-state index is 0.292. The molecule has 0 amide bonds. The predicted octanol–water partition coefficient (Wildman–Crippen LogP) is 0.129. The van der Waals surface area contributed by atoms with Crippen LogP contribution in [0.5, 0.6) is 0 Å². The lowest BCUT2D eigenvalue weighted by Crippen LogP contribution is -2.54. The molecule has 1 aliphatic rings. The molecule has 1 aliphatic heterocycles. The zero-order valence-electron chi connectivity index (χ0n) is 11.0. The Labute approximate surface area is 116 Å². The summed E-state index contributed by atoms with van der Waals surface area (Å²) in [6.45, 7) is -0.317. The number of aromatic nitrogens is 1. The van der Waals surface area contributed by atoms with Crippen LogP contribution in [0.1, 0.15) is 12.6 Å². The summed E-state index contributed by atoms with van der Waals surface area (Å²) in [5, 5.41) is 31.0. The first kappa shape index (κ1) is 13.5. The minimum atomic E-state index is -1.04. The molecule has 0 aliphatic carbocycles. The number of aliphatic hydroxyl groups excluding tert-OH is 3. The van der Waals surface area contributed by atoms with Crippen molar-refractivity contribution in [3.63, 3.8) is 0 Å². The quantitative estimate of drug-likeness (QED) is 0.682. The maximum atomic E-state index is 9.87. The van der Waals surface area contributed by atoms with Crippen molar-refractivity contribution < 1.29 is 24.6 Å². The molecule has 1 saturated heterocycles. The van der Waals surface area contributed by atoms with E-state index >= 15 is 0 Å². The predicted molar refractivity (Wildman–Crippen MR) is 71.8 cm³/mol. The third kappa shape index (κ3) is 2.41. The van der Waals surface area contributed by atoms with Gasteiger partial charge in [0.25, 0.3) is 6.23 Å². The van der Waals surface area contributed by atoms with Gasteiger partial charge in [-0.1, -0.05) is 18.2 Å². The van der Waals surface area contributed by atoms with E-state index in [-0.39, 0.29) is 6.61 Å². The Morgan fingerprint density at radius 3 is 2.65 bits per heavy atom.